The van der Waals surface area contributed by atoms with Gasteiger partial charge in [0.25, 0.3) is 17.0 Å². The molecule has 0 saturated carbocycles. The number of rotatable bonds is 5. The molecule has 0 fully saturated rings. The van der Waals surface area contributed by atoms with Gasteiger partial charge in [-0.2, -0.15) is 0 Å². The summed E-state index contributed by atoms with van der Waals surface area (Å²) in [5, 5.41) is 11.5. The Morgan fingerprint density at radius 3 is 2.73 bits per heavy atom. The highest BCUT2D eigenvalue weighted by Gasteiger charge is 2.16. The van der Waals surface area contributed by atoms with E-state index in [0.29, 0.717) is 34.6 Å². The van der Waals surface area contributed by atoms with Crippen LogP contribution in [0.15, 0.2) is 52.2 Å². The second kappa shape index (κ2) is 7.67. The van der Waals surface area contributed by atoms with E-state index in [9.17, 15) is 14.4 Å². The summed E-state index contributed by atoms with van der Waals surface area (Å²) in [6.45, 7) is 2.44. The highest BCUT2D eigenvalue weighted by molar-refractivity contribution is 5.94. The number of amides is 1. The number of nitrogens with one attached hydrogen (secondary N) is 1. The van der Waals surface area contributed by atoms with Crippen LogP contribution in [0.3, 0.4) is 0 Å². The quantitative estimate of drug-likeness (QED) is 0.494. The Hall–Kier alpha value is -4.19. The van der Waals surface area contributed by atoms with Gasteiger partial charge in [-0.15, -0.1) is 16.6 Å². The number of para-hydroxylation sites is 1. The van der Waals surface area contributed by atoms with Gasteiger partial charge in [-0.25, -0.2) is 0 Å². The van der Waals surface area contributed by atoms with Crippen LogP contribution in [0, 0.1) is 12.3 Å². The number of hydrogen-bond acceptors (Lipinski definition) is 5. The lowest BCUT2D eigenvalue weighted by atomic mass is 10.2. The van der Waals surface area contributed by atoms with E-state index in [0.717, 1.165) is 0 Å². The minimum Gasteiger partial charge on any atom is -0.341 e. The SMILES string of the molecule is C#CCNC(=O)c1ccc(=O)n(Cc2nnc3n(CC)c(=O)c4ccccc4n23)c1. The zero-order valence-corrected chi connectivity index (χ0v) is 16.2. The minimum atomic E-state index is -0.377. The molecular weight excluding hydrogens is 384 g/mol. The van der Waals surface area contributed by atoms with Crippen LogP contribution in [0.2, 0.25) is 0 Å². The molecule has 3 aromatic heterocycles. The van der Waals surface area contributed by atoms with Crippen LogP contribution < -0.4 is 16.4 Å². The molecule has 4 aromatic rings. The maximum atomic E-state index is 12.8. The highest BCUT2D eigenvalue weighted by Crippen LogP contribution is 2.15. The maximum absolute atomic E-state index is 12.8. The van der Waals surface area contributed by atoms with Crippen molar-refractivity contribution >= 4 is 22.6 Å². The lowest BCUT2D eigenvalue weighted by molar-refractivity contribution is 0.0958. The average Bonchev–Trinajstić information content (AvgIpc) is 3.17. The summed E-state index contributed by atoms with van der Waals surface area (Å²) in [5.74, 6) is 2.82. The molecule has 4 rings (SSSR count). The lowest BCUT2D eigenvalue weighted by Crippen LogP contribution is -2.27. The van der Waals surface area contributed by atoms with E-state index in [-0.39, 0.29) is 30.1 Å². The van der Waals surface area contributed by atoms with Gasteiger partial charge in [0, 0.05) is 18.8 Å². The van der Waals surface area contributed by atoms with Crippen molar-refractivity contribution in [3.05, 3.63) is 74.7 Å². The zero-order chi connectivity index (χ0) is 21.3. The van der Waals surface area contributed by atoms with Gasteiger partial charge >= 0.3 is 0 Å². The van der Waals surface area contributed by atoms with Crippen LogP contribution in [-0.4, -0.2) is 36.2 Å². The molecule has 0 aliphatic carbocycles. The number of aromatic nitrogens is 5. The van der Waals surface area contributed by atoms with Crippen molar-refractivity contribution in [1.82, 2.24) is 29.0 Å². The summed E-state index contributed by atoms with van der Waals surface area (Å²) in [7, 11) is 0. The summed E-state index contributed by atoms with van der Waals surface area (Å²) in [6.07, 6.45) is 6.62. The van der Waals surface area contributed by atoms with E-state index in [1.165, 1.54) is 27.5 Å². The molecule has 0 unspecified atom stereocenters. The third-order valence-corrected chi connectivity index (χ3v) is 4.80. The van der Waals surface area contributed by atoms with Crippen LogP contribution in [0.4, 0.5) is 0 Å². The Labute approximate surface area is 170 Å². The lowest BCUT2D eigenvalue weighted by Gasteiger charge is -2.11. The van der Waals surface area contributed by atoms with Crippen molar-refractivity contribution in [3.63, 3.8) is 0 Å². The number of nitrogens with zero attached hydrogens (tertiary/aromatic N) is 5. The normalized spacial score (nSPS) is 10.9. The average molecular weight is 402 g/mol. The molecule has 0 spiro atoms. The summed E-state index contributed by atoms with van der Waals surface area (Å²) in [6, 6.07) is 9.93. The topological polar surface area (TPSA) is 103 Å². The summed E-state index contributed by atoms with van der Waals surface area (Å²) in [4.78, 5) is 37.4. The molecule has 1 amide bonds. The minimum absolute atomic E-state index is 0.0716. The van der Waals surface area contributed by atoms with Gasteiger partial charge < -0.3 is 9.88 Å². The zero-order valence-electron chi connectivity index (χ0n) is 16.2. The Bertz CT molecular complexity index is 1440. The van der Waals surface area contributed by atoms with Crippen LogP contribution in [0.25, 0.3) is 16.7 Å². The second-order valence-corrected chi connectivity index (χ2v) is 6.59. The van der Waals surface area contributed by atoms with Gasteiger partial charge in [0.05, 0.1) is 29.6 Å². The van der Waals surface area contributed by atoms with Crippen LogP contribution >= 0.6 is 0 Å². The fourth-order valence-corrected chi connectivity index (χ4v) is 3.38. The molecule has 9 nitrogen and oxygen atoms in total. The molecule has 9 heteroatoms. The van der Waals surface area contributed by atoms with E-state index in [1.807, 2.05) is 19.1 Å². The summed E-state index contributed by atoms with van der Waals surface area (Å²) < 4.78 is 4.67. The predicted octanol–water partition coefficient (Wildman–Crippen LogP) is 0.637. The third kappa shape index (κ3) is 3.14. The molecule has 3 heterocycles. The molecule has 30 heavy (non-hydrogen) atoms. The van der Waals surface area contributed by atoms with Gasteiger partial charge in [0.15, 0.2) is 5.82 Å². The first-order chi connectivity index (χ1) is 14.5. The van der Waals surface area contributed by atoms with E-state index in [2.05, 4.69) is 21.4 Å². The Morgan fingerprint density at radius 1 is 1.17 bits per heavy atom. The number of pyridine rings is 1. The summed E-state index contributed by atoms with van der Waals surface area (Å²) in [5.41, 5.74) is 0.504. The fraction of sp³-hybridized carbons (Fsp3) is 0.190. The monoisotopic (exact) mass is 402 g/mol. The smallest absolute Gasteiger partial charge is 0.262 e. The number of benzene rings is 1. The number of hydrogen-bond donors (Lipinski definition) is 1. The first-order valence-corrected chi connectivity index (χ1v) is 9.33. The highest BCUT2D eigenvalue weighted by atomic mass is 16.2. The number of fused-ring (bicyclic) bond motifs is 3. The number of aryl methyl sites for hydroxylation is 1. The van der Waals surface area contributed by atoms with Gasteiger partial charge in [0.1, 0.15) is 0 Å². The van der Waals surface area contributed by atoms with Crippen molar-refractivity contribution < 1.29 is 4.79 Å². The van der Waals surface area contributed by atoms with E-state index in [4.69, 9.17) is 6.42 Å². The van der Waals surface area contributed by atoms with Gasteiger partial charge in [-0.3, -0.25) is 23.4 Å². The number of carbonyl (C=O) groups is 1. The first kappa shape index (κ1) is 19.1. The van der Waals surface area contributed by atoms with Crippen molar-refractivity contribution in [2.75, 3.05) is 6.54 Å². The van der Waals surface area contributed by atoms with Crippen LogP contribution in [0.5, 0.6) is 0 Å². The Morgan fingerprint density at radius 2 is 1.97 bits per heavy atom. The molecule has 0 aliphatic heterocycles. The van der Waals surface area contributed by atoms with Crippen LogP contribution in [-0.2, 0) is 13.1 Å². The van der Waals surface area contributed by atoms with Crippen molar-refractivity contribution in [3.8, 4) is 12.3 Å². The first-order valence-electron chi connectivity index (χ1n) is 9.33. The number of carbonyl (C=O) groups excluding carboxylic acids is 1. The molecule has 1 N–H and O–H groups in total. The van der Waals surface area contributed by atoms with Gasteiger partial charge in [-0.1, -0.05) is 18.1 Å². The summed E-state index contributed by atoms with van der Waals surface area (Å²) >= 11 is 0. The van der Waals surface area contributed by atoms with Crippen molar-refractivity contribution in [2.24, 2.45) is 0 Å². The molecular formula is C21H18N6O3. The molecule has 0 bridgehead atoms. The molecule has 1 aromatic carbocycles. The Balaban J connectivity index is 1.86. The van der Waals surface area contributed by atoms with Crippen LogP contribution in [0.1, 0.15) is 23.1 Å². The largest absolute Gasteiger partial charge is 0.341 e. The van der Waals surface area contributed by atoms with Gasteiger partial charge in [0.2, 0.25) is 5.78 Å². The van der Waals surface area contributed by atoms with E-state index in [1.54, 1.807) is 16.5 Å². The second-order valence-electron chi connectivity index (χ2n) is 6.59. The molecule has 0 atom stereocenters. The third-order valence-electron chi connectivity index (χ3n) is 4.80. The molecule has 150 valence electrons. The fourth-order valence-electron chi connectivity index (χ4n) is 3.38. The maximum Gasteiger partial charge on any atom is 0.262 e. The van der Waals surface area contributed by atoms with E-state index >= 15 is 0 Å². The molecule has 0 aliphatic rings. The molecule has 0 saturated heterocycles. The van der Waals surface area contributed by atoms with Gasteiger partial charge in [-0.05, 0) is 25.1 Å². The predicted molar refractivity (Wildman–Crippen MR) is 111 cm³/mol. The van der Waals surface area contributed by atoms with Crippen molar-refractivity contribution in [2.45, 2.75) is 20.0 Å². The Kier molecular flexibility index (Phi) is 4.90. The standard InChI is InChI=1S/C21H18N6O3/c1-3-11-22-19(29)14-9-10-18(28)25(12-14)13-17-23-24-21-26(4-2)20(30)15-7-5-6-8-16(15)27(17)21/h1,5-10,12H,4,11,13H2,2H3,(H,22,29). The molecule has 0 radical (unpaired) electrons. The van der Waals surface area contributed by atoms with E-state index < -0.39 is 0 Å². The number of terminal acetylenes is 1. The van der Waals surface area contributed by atoms with Crippen molar-refractivity contribution in [1.29, 1.82) is 0 Å².